The number of piperazine rings is 1. The second-order valence-corrected chi connectivity index (χ2v) is 6.47. The van der Waals surface area contributed by atoms with Crippen LogP contribution in [0.5, 0.6) is 11.5 Å². The van der Waals surface area contributed by atoms with Crippen molar-refractivity contribution in [2.45, 2.75) is 6.92 Å². The van der Waals surface area contributed by atoms with Crippen LogP contribution >= 0.6 is 0 Å². The molecule has 0 spiro atoms. The number of nitrogens with zero attached hydrogens (tertiary/aromatic N) is 2. The first-order valence-electron chi connectivity index (χ1n) is 9.01. The van der Waals surface area contributed by atoms with Gasteiger partial charge in [-0.2, -0.15) is 0 Å². The predicted molar refractivity (Wildman–Crippen MR) is 102 cm³/mol. The van der Waals surface area contributed by atoms with Crippen LogP contribution in [0.4, 0.5) is 0 Å². The normalized spacial score (nSPS) is 14.9. The summed E-state index contributed by atoms with van der Waals surface area (Å²) in [6, 6.07) is 15.4. The molecule has 0 unspecified atom stereocenters. The highest BCUT2D eigenvalue weighted by Crippen LogP contribution is 2.17. The van der Waals surface area contributed by atoms with Crippen LogP contribution in [0.15, 0.2) is 48.5 Å². The van der Waals surface area contributed by atoms with Gasteiger partial charge in [0.1, 0.15) is 18.1 Å². The molecule has 1 aliphatic rings. The van der Waals surface area contributed by atoms with Gasteiger partial charge in [-0.05, 0) is 42.8 Å². The first-order chi connectivity index (χ1) is 12.7. The molecule has 5 nitrogen and oxygen atoms in total. The molecule has 2 aromatic carbocycles. The second-order valence-electron chi connectivity index (χ2n) is 6.47. The molecule has 0 saturated carbocycles. The van der Waals surface area contributed by atoms with Crippen LogP contribution in [0.2, 0.25) is 0 Å². The summed E-state index contributed by atoms with van der Waals surface area (Å²) in [4.78, 5) is 16.9. The molecule has 26 heavy (non-hydrogen) atoms. The third-order valence-corrected chi connectivity index (χ3v) is 4.77. The van der Waals surface area contributed by atoms with Crippen molar-refractivity contribution >= 4 is 5.91 Å². The zero-order chi connectivity index (χ0) is 18.4. The lowest BCUT2D eigenvalue weighted by atomic mass is 10.1. The standard InChI is InChI=1S/C21H26N2O3/c1-17-5-3-4-6-20(17)21(24)23-13-11-22(12-14-23)15-16-26-19-9-7-18(25-2)8-10-19/h3-10H,11-16H2,1-2H3. The van der Waals surface area contributed by atoms with E-state index in [0.29, 0.717) is 6.61 Å². The zero-order valence-electron chi connectivity index (χ0n) is 15.5. The van der Waals surface area contributed by atoms with Crippen molar-refractivity contribution in [3.63, 3.8) is 0 Å². The van der Waals surface area contributed by atoms with E-state index in [1.165, 1.54) is 0 Å². The first kappa shape index (κ1) is 18.3. The number of hydrogen-bond donors (Lipinski definition) is 0. The fourth-order valence-corrected chi connectivity index (χ4v) is 3.12. The number of benzene rings is 2. The molecule has 0 bridgehead atoms. The molecular weight excluding hydrogens is 328 g/mol. The first-order valence-corrected chi connectivity index (χ1v) is 9.01. The average Bonchev–Trinajstić information content (AvgIpc) is 2.69. The van der Waals surface area contributed by atoms with E-state index in [2.05, 4.69) is 4.90 Å². The summed E-state index contributed by atoms with van der Waals surface area (Å²) in [5.74, 6) is 1.81. The van der Waals surface area contributed by atoms with Crippen LogP contribution in [0.3, 0.4) is 0 Å². The predicted octanol–water partition coefficient (Wildman–Crippen LogP) is 2.84. The van der Waals surface area contributed by atoms with Crippen molar-refractivity contribution in [3.8, 4) is 11.5 Å². The number of methoxy groups -OCH3 is 1. The summed E-state index contributed by atoms with van der Waals surface area (Å²) in [5.41, 5.74) is 1.84. The maximum atomic E-state index is 12.7. The van der Waals surface area contributed by atoms with Gasteiger partial charge in [-0.25, -0.2) is 0 Å². The van der Waals surface area contributed by atoms with Crippen LogP contribution in [0.25, 0.3) is 0 Å². The molecular formula is C21H26N2O3. The lowest BCUT2D eigenvalue weighted by molar-refractivity contribution is 0.0619. The number of carbonyl (C=O) groups excluding carboxylic acids is 1. The minimum absolute atomic E-state index is 0.136. The van der Waals surface area contributed by atoms with E-state index in [4.69, 9.17) is 9.47 Å². The van der Waals surface area contributed by atoms with E-state index < -0.39 is 0 Å². The Morgan fingerprint density at radius 1 is 0.962 bits per heavy atom. The fraction of sp³-hybridized carbons (Fsp3) is 0.381. The highest BCUT2D eigenvalue weighted by Gasteiger charge is 2.22. The van der Waals surface area contributed by atoms with Crippen LogP contribution in [0, 0.1) is 6.92 Å². The molecule has 3 rings (SSSR count). The molecule has 1 amide bonds. The van der Waals surface area contributed by atoms with Crippen LogP contribution in [-0.4, -0.2) is 62.1 Å². The van der Waals surface area contributed by atoms with Gasteiger partial charge in [-0.1, -0.05) is 18.2 Å². The largest absolute Gasteiger partial charge is 0.497 e. The van der Waals surface area contributed by atoms with Gasteiger partial charge in [-0.3, -0.25) is 9.69 Å². The molecule has 138 valence electrons. The molecule has 1 heterocycles. The Kier molecular flexibility index (Phi) is 6.12. The lowest BCUT2D eigenvalue weighted by Crippen LogP contribution is -2.49. The topological polar surface area (TPSA) is 42.0 Å². The summed E-state index contributed by atoms with van der Waals surface area (Å²) in [6.45, 7) is 6.76. The Hall–Kier alpha value is -2.53. The fourth-order valence-electron chi connectivity index (χ4n) is 3.12. The third-order valence-electron chi connectivity index (χ3n) is 4.77. The van der Waals surface area contributed by atoms with E-state index in [0.717, 1.165) is 55.3 Å². The molecule has 0 aliphatic carbocycles. The molecule has 1 aliphatic heterocycles. The third kappa shape index (κ3) is 4.55. The SMILES string of the molecule is COc1ccc(OCCN2CCN(C(=O)c3ccccc3C)CC2)cc1. The molecule has 1 saturated heterocycles. The minimum atomic E-state index is 0.136. The van der Waals surface area contributed by atoms with Gasteiger partial charge in [0.05, 0.1) is 7.11 Å². The quantitative estimate of drug-likeness (QED) is 0.800. The molecule has 0 N–H and O–H groups in total. The average molecular weight is 354 g/mol. The number of hydrogen-bond acceptors (Lipinski definition) is 4. The summed E-state index contributed by atoms with van der Waals surface area (Å²) < 4.78 is 10.9. The summed E-state index contributed by atoms with van der Waals surface area (Å²) >= 11 is 0. The zero-order valence-corrected chi connectivity index (χ0v) is 15.5. The van der Waals surface area contributed by atoms with Gasteiger partial charge < -0.3 is 14.4 Å². The van der Waals surface area contributed by atoms with E-state index in [9.17, 15) is 4.79 Å². The van der Waals surface area contributed by atoms with Crippen molar-refractivity contribution in [3.05, 3.63) is 59.7 Å². The number of aryl methyl sites for hydroxylation is 1. The summed E-state index contributed by atoms with van der Waals surface area (Å²) in [6.07, 6.45) is 0. The van der Waals surface area contributed by atoms with Gasteiger partial charge in [0.2, 0.25) is 0 Å². The number of carbonyl (C=O) groups is 1. The Balaban J connectivity index is 1.42. The maximum Gasteiger partial charge on any atom is 0.254 e. The van der Waals surface area contributed by atoms with Crippen molar-refractivity contribution in [1.82, 2.24) is 9.80 Å². The second kappa shape index (κ2) is 8.72. The van der Waals surface area contributed by atoms with E-state index in [1.807, 2.05) is 60.4 Å². The van der Waals surface area contributed by atoms with Gasteiger partial charge in [0.25, 0.3) is 5.91 Å². The van der Waals surface area contributed by atoms with Crippen LogP contribution in [-0.2, 0) is 0 Å². The van der Waals surface area contributed by atoms with Crippen molar-refractivity contribution in [1.29, 1.82) is 0 Å². The highest BCUT2D eigenvalue weighted by atomic mass is 16.5. The smallest absolute Gasteiger partial charge is 0.254 e. The van der Waals surface area contributed by atoms with Gasteiger partial charge in [0, 0.05) is 38.3 Å². The molecule has 0 radical (unpaired) electrons. The van der Waals surface area contributed by atoms with Crippen molar-refractivity contribution in [2.75, 3.05) is 46.4 Å². The molecule has 5 heteroatoms. The molecule has 2 aromatic rings. The van der Waals surface area contributed by atoms with E-state index in [-0.39, 0.29) is 5.91 Å². The molecule has 0 aromatic heterocycles. The minimum Gasteiger partial charge on any atom is -0.497 e. The Morgan fingerprint density at radius 2 is 1.62 bits per heavy atom. The van der Waals surface area contributed by atoms with Crippen LogP contribution < -0.4 is 9.47 Å². The van der Waals surface area contributed by atoms with E-state index >= 15 is 0 Å². The summed E-state index contributed by atoms with van der Waals surface area (Å²) in [5, 5.41) is 0. The number of rotatable bonds is 6. The number of ether oxygens (including phenoxy) is 2. The van der Waals surface area contributed by atoms with Crippen LogP contribution in [0.1, 0.15) is 15.9 Å². The van der Waals surface area contributed by atoms with Gasteiger partial charge in [-0.15, -0.1) is 0 Å². The highest BCUT2D eigenvalue weighted by molar-refractivity contribution is 5.95. The Bertz CT molecular complexity index is 722. The monoisotopic (exact) mass is 354 g/mol. The van der Waals surface area contributed by atoms with Gasteiger partial charge in [0.15, 0.2) is 0 Å². The molecule has 1 fully saturated rings. The lowest BCUT2D eigenvalue weighted by Gasteiger charge is -2.34. The Morgan fingerprint density at radius 3 is 2.27 bits per heavy atom. The van der Waals surface area contributed by atoms with Crippen molar-refractivity contribution in [2.24, 2.45) is 0 Å². The number of amides is 1. The Labute approximate surface area is 155 Å². The van der Waals surface area contributed by atoms with E-state index in [1.54, 1.807) is 7.11 Å². The van der Waals surface area contributed by atoms with Gasteiger partial charge >= 0.3 is 0 Å². The maximum absolute atomic E-state index is 12.7. The summed E-state index contributed by atoms with van der Waals surface area (Å²) in [7, 11) is 1.65. The van der Waals surface area contributed by atoms with Crippen molar-refractivity contribution < 1.29 is 14.3 Å². The molecule has 0 atom stereocenters.